The second kappa shape index (κ2) is 6.51. The molecule has 0 aromatic carbocycles. The molecule has 4 atom stereocenters. The molecule has 2 rings (SSSR count). The molecule has 102 valence electrons. The third kappa shape index (κ3) is 3.23. The van der Waals surface area contributed by atoms with E-state index in [4.69, 9.17) is 4.74 Å². The monoisotopic (exact) mass is 252 g/mol. The standard InChI is InChI=1S/C14H24N2O2/c1-11-8-16(9-13(10-17)18-11)14-6-4-2-3-5-12(14)7-15/h11-14,17H,2-6,8-10H2,1H3. The van der Waals surface area contributed by atoms with E-state index in [9.17, 15) is 10.4 Å². The van der Waals surface area contributed by atoms with Crippen molar-refractivity contribution in [1.82, 2.24) is 4.90 Å². The summed E-state index contributed by atoms with van der Waals surface area (Å²) in [5.41, 5.74) is 0. The van der Waals surface area contributed by atoms with Crippen molar-refractivity contribution in [1.29, 1.82) is 5.26 Å². The molecule has 4 nitrogen and oxygen atoms in total. The molecule has 0 radical (unpaired) electrons. The highest BCUT2D eigenvalue weighted by Gasteiger charge is 2.34. The number of nitrogens with zero attached hydrogens (tertiary/aromatic N) is 2. The van der Waals surface area contributed by atoms with E-state index in [1.807, 2.05) is 6.92 Å². The predicted octanol–water partition coefficient (Wildman–Crippen LogP) is 1.54. The van der Waals surface area contributed by atoms with Gasteiger partial charge in [-0.3, -0.25) is 4.90 Å². The Morgan fingerprint density at radius 3 is 2.78 bits per heavy atom. The summed E-state index contributed by atoms with van der Waals surface area (Å²) in [6, 6.07) is 2.85. The highest BCUT2D eigenvalue weighted by Crippen LogP contribution is 2.29. The molecule has 0 aromatic rings. The average molecular weight is 252 g/mol. The molecule has 0 aromatic heterocycles. The van der Waals surface area contributed by atoms with Crippen molar-refractivity contribution >= 4 is 0 Å². The fourth-order valence-corrected chi connectivity index (χ4v) is 3.33. The van der Waals surface area contributed by atoms with Crippen molar-refractivity contribution in [2.75, 3.05) is 19.7 Å². The third-order valence-corrected chi connectivity index (χ3v) is 4.17. The molecule has 1 N–H and O–H groups in total. The van der Waals surface area contributed by atoms with Gasteiger partial charge >= 0.3 is 0 Å². The zero-order valence-electron chi connectivity index (χ0n) is 11.2. The molecule has 1 aliphatic carbocycles. The molecule has 4 unspecified atom stereocenters. The van der Waals surface area contributed by atoms with Crippen LogP contribution in [0.4, 0.5) is 0 Å². The highest BCUT2D eigenvalue weighted by molar-refractivity contribution is 4.96. The number of aliphatic hydroxyl groups is 1. The molecule has 1 saturated carbocycles. The number of hydrogen-bond donors (Lipinski definition) is 1. The van der Waals surface area contributed by atoms with Crippen LogP contribution in [-0.2, 0) is 4.74 Å². The zero-order chi connectivity index (χ0) is 13.0. The summed E-state index contributed by atoms with van der Waals surface area (Å²) in [7, 11) is 0. The lowest BCUT2D eigenvalue weighted by molar-refractivity contribution is -0.109. The van der Waals surface area contributed by atoms with E-state index in [0.717, 1.165) is 25.9 Å². The van der Waals surface area contributed by atoms with E-state index >= 15 is 0 Å². The van der Waals surface area contributed by atoms with Crippen molar-refractivity contribution in [2.24, 2.45) is 5.92 Å². The van der Waals surface area contributed by atoms with Crippen molar-refractivity contribution in [2.45, 2.75) is 57.3 Å². The minimum absolute atomic E-state index is 0.0742. The smallest absolute Gasteiger partial charge is 0.0936 e. The molecule has 2 aliphatic rings. The van der Waals surface area contributed by atoms with Gasteiger partial charge in [-0.25, -0.2) is 0 Å². The molecule has 1 saturated heterocycles. The lowest BCUT2D eigenvalue weighted by Crippen LogP contribution is -2.53. The summed E-state index contributed by atoms with van der Waals surface area (Å²) in [4.78, 5) is 2.38. The van der Waals surface area contributed by atoms with Gasteiger partial charge in [0.2, 0.25) is 0 Å². The molecule has 0 amide bonds. The Bertz CT molecular complexity index is 303. The minimum atomic E-state index is -0.0867. The van der Waals surface area contributed by atoms with Gasteiger partial charge in [0.15, 0.2) is 0 Å². The van der Waals surface area contributed by atoms with Crippen LogP contribution in [0.15, 0.2) is 0 Å². The Balaban J connectivity index is 2.05. The molecule has 0 spiro atoms. The van der Waals surface area contributed by atoms with E-state index in [0.29, 0.717) is 6.04 Å². The lowest BCUT2D eigenvalue weighted by atomic mass is 9.93. The minimum Gasteiger partial charge on any atom is -0.394 e. The van der Waals surface area contributed by atoms with Crippen LogP contribution in [-0.4, -0.2) is 48.0 Å². The number of aliphatic hydroxyl groups excluding tert-OH is 1. The number of morpholine rings is 1. The number of rotatable bonds is 2. The van der Waals surface area contributed by atoms with Gasteiger partial charge in [-0.1, -0.05) is 19.3 Å². The van der Waals surface area contributed by atoms with Crippen LogP contribution in [0, 0.1) is 17.2 Å². The molecule has 2 fully saturated rings. The van der Waals surface area contributed by atoms with Gasteiger partial charge < -0.3 is 9.84 Å². The van der Waals surface area contributed by atoms with Gasteiger partial charge in [-0.05, 0) is 19.8 Å². The maximum atomic E-state index is 9.35. The van der Waals surface area contributed by atoms with Crippen molar-refractivity contribution < 1.29 is 9.84 Å². The first-order valence-corrected chi connectivity index (χ1v) is 7.14. The van der Waals surface area contributed by atoms with E-state index in [1.165, 1.54) is 19.3 Å². The maximum Gasteiger partial charge on any atom is 0.0936 e. The largest absolute Gasteiger partial charge is 0.394 e. The molecular formula is C14H24N2O2. The molecular weight excluding hydrogens is 228 g/mol. The summed E-state index contributed by atoms with van der Waals surface area (Å²) in [6.45, 7) is 3.78. The molecule has 1 aliphatic heterocycles. The van der Waals surface area contributed by atoms with Gasteiger partial charge in [0, 0.05) is 19.1 Å². The van der Waals surface area contributed by atoms with Crippen molar-refractivity contribution in [3.05, 3.63) is 0 Å². The summed E-state index contributed by atoms with van der Waals surface area (Å²) in [5, 5.41) is 18.6. The molecule has 1 heterocycles. The summed E-state index contributed by atoms with van der Waals surface area (Å²) in [6.07, 6.45) is 5.85. The first kappa shape index (κ1) is 13.8. The second-order valence-electron chi connectivity index (χ2n) is 5.65. The maximum absolute atomic E-state index is 9.35. The van der Waals surface area contributed by atoms with Crippen molar-refractivity contribution in [3.8, 4) is 6.07 Å². The van der Waals surface area contributed by atoms with E-state index in [-0.39, 0.29) is 24.7 Å². The van der Waals surface area contributed by atoms with Crippen LogP contribution in [0.1, 0.15) is 39.0 Å². The van der Waals surface area contributed by atoms with Crippen LogP contribution in [0.25, 0.3) is 0 Å². The van der Waals surface area contributed by atoms with E-state index < -0.39 is 0 Å². The normalized spacial score (nSPS) is 38.9. The highest BCUT2D eigenvalue weighted by atomic mass is 16.5. The van der Waals surface area contributed by atoms with Crippen LogP contribution in [0.5, 0.6) is 0 Å². The Morgan fingerprint density at radius 2 is 2.06 bits per heavy atom. The molecule has 18 heavy (non-hydrogen) atoms. The van der Waals surface area contributed by atoms with Gasteiger partial charge in [-0.2, -0.15) is 5.26 Å². The average Bonchev–Trinajstić information content (AvgIpc) is 2.62. The summed E-state index contributed by atoms with van der Waals surface area (Å²) in [5.74, 6) is 0.150. The van der Waals surface area contributed by atoms with Gasteiger partial charge in [0.05, 0.1) is 30.8 Å². The summed E-state index contributed by atoms with van der Waals surface area (Å²) < 4.78 is 5.68. The predicted molar refractivity (Wildman–Crippen MR) is 69.0 cm³/mol. The Hall–Kier alpha value is -0.630. The lowest BCUT2D eigenvalue weighted by Gasteiger charge is -2.41. The van der Waals surface area contributed by atoms with Crippen molar-refractivity contribution in [3.63, 3.8) is 0 Å². The number of hydrogen-bond acceptors (Lipinski definition) is 4. The first-order chi connectivity index (χ1) is 8.74. The molecule has 0 bridgehead atoms. The number of nitriles is 1. The van der Waals surface area contributed by atoms with Gasteiger partial charge in [-0.15, -0.1) is 0 Å². The van der Waals surface area contributed by atoms with E-state index in [1.54, 1.807) is 0 Å². The number of ether oxygens (including phenoxy) is 1. The Morgan fingerprint density at radius 1 is 1.28 bits per heavy atom. The van der Waals surface area contributed by atoms with Crippen LogP contribution < -0.4 is 0 Å². The fourth-order valence-electron chi connectivity index (χ4n) is 3.33. The van der Waals surface area contributed by atoms with Crippen LogP contribution in [0.3, 0.4) is 0 Å². The first-order valence-electron chi connectivity index (χ1n) is 7.14. The second-order valence-corrected chi connectivity index (χ2v) is 5.65. The quantitative estimate of drug-likeness (QED) is 0.757. The topological polar surface area (TPSA) is 56.5 Å². The molecule has 4 heteroatoms. The Labute approximate surface area is 110 Å². The fraction of sp³-hybridized carbons (Fsp3) is 0.929. The van der Waals surface area contributed by atoms with Crippen LogP contribution in [0.2, 0.25) is 0 Å². The Kier molecular flexibility index (Phi) is 4.99. The zero-order valence-corrected chi connectivity index (χ0v) is 11.2. The van der Waals surface area contributed by atoms with Gasteiger partial charge in [0.25, 0.3) is 0 Å². The van der Waals surface area contributed by atoms with E-state index in [2.05, 4.69) is 11.0 Å². The SMILES string of the molecule is CC1CN(C2CCCCCC2C#N)CC(CO)O1. The third-order valence-electron chi connectivity index (χ3n) is 4.17. The van der Waals surface area contributed by atoms with Gasteiger partial charge in [0.1, 0.15) is 0 Å². The van der Waals surface area contributed by atoms with Crippen LogP contribution >= 0.6 is 0 Å². The summed E-state index contributed by atoms with van der Waals surface area (Å²) >= 11 is 0.